The van der Waals surface area contributed by atoms with Crippen LogP contribution in [0.1, 0.15) is 20.3 Å². The molecule has 1 saturated heterocycles. The Morgan fingerprint density at radius 2 is 1.94 bits per heavy atom. The van der Waals surface area contributed by atoms with Crippen LogP contribution in [-0.4, -0.2) is 56.4 Å². The first-order chi connectivity index (χ1) is 8.54. The minimum Gasteiger partial charge on any atom is -0.453 e. The second-order valence-electron chi connectivity index (χ2n) is 4.76. The molecule has 1 fully saturated rings. The zero-order valence-electron chi connectivity index (χ0n) is 11.3. The highest BCUT2D eigenvalue weighted by atomic mass is 16.5. The molecule has 0 unspecified atom stereocenters. The second kappa shape index (κ2) is 7.20. The number of hydrogen-bond donors (Lipinski definition) is 1. The van der Waals surface area contributed by atoms with Gasteiger partial charge in [-0.05, 0) is 12.3 Å². The van der Waals surface area contributed by atoms with E-state index in [9.17, 15) is 9.59 Å². The number of carbonyl (C=O) groups excluding carboxylic acids is 2. The van der Waals surface area contributed by atoms with Crippen molar-refractivity contribution >= 4 is 12.0 Å². The van der Waals surface area contributed by atoms with E-state index in [1.165, 1.54) is 7.11 Å². The number of ether oxygens (including phenoxy) is 2. The van der Waals surface area contributed by atoms with Crippen molar-refractivity contribution in [3.8, 4) is 0 Å². The van der Waals surface area contributed by atoms with Gasteiger partial charge in [-0.2, -0.15) is 0 Å². The van der Waals surface area contributed by atoms with Gasteiger partial charge in [-0.15, -0.1) is 0 Å². The average molecular weight is 258 g/mol. The largest absolute Gasteiger partial charge is 0.453 e. The van der Waals surface area contributed by atoms with E-state index in [0.29, 0.717) is 38.6 Å². The third-order valence-corrected chi connectivity index (χ3v) is 2.81. The Morgan fingerprint density at radius 3 is 2.44 bits per heavy atom. The number of rotatable bonds is 4. The van der Waals surface area contributed by atoms with Crippen LogP contribution in [0.3, 0.4) is 0 Å². The predicted molar refractivity (Wildman–Crippen MR) is 66.2 cm³/mol. The van der Waals surface area contributed by atoms with E-state index >= 15 is 0 Å². The molecule has 6 nitrogen and oxygen atoms in total. The molecular formula is C12H22N2O4. The summed E-state index contributed by atoms with van der Waals surface area (Å²) in [6.45, 7) is 6.29. The average Bonchev–Trinajstić information content (AvgIpc) is 2.37. The summed E-state index contributed by atoms with van der Waals surface area (Å²) in [5.74, 6) is 0.259. The van der Waals surface area contributed by atoms with Crippen LogP contribution in [0.5, 0.6) is 0 Å². The molecule has 0 radical (unpaired) electrons. The highest BCUT2D eigenvalue weighted by Gasteiger charge is 2.27. The normalized spacial score (nSPS) is 17.4. The van der Waals surface area contributed by atoms with Crippen molar-refractivity contribution in [2.24, 2.45) is 5.92 Å². The van der Waals surface area contributed by atoms with E-state index in [1.807, 2.05) is 13.8 Å². The van der Waals surface area contributed by atoms with Crippen LogP contribution >= 0.6 is 0 Å². The summed E-state index contributed by atoms with van der Waals surface area (Å²) in [6.07, 6.45) is 0.0351. The van der Waals surface area contributed by atoms with E-state index < -0.39 is 12.1 Å². The van der Waals surface area contributed by atoms with E-state index in [1.54, 1.807) is 4.90 Å². The highest BCUT2D eigenvalue weighted by Crippen LogP contribution is 2.09. The van der Waals surface area contributed by atoms with Gasteiger partial charge >= 0.3 is 6.09 Å². The molecule has 1 rings (SSSR count). The van der Waals surface area contributed by atoms with Gasteiger partial charge in [0.05, 0.1) is 20.3 Å². The molecule has 1 N–H and O–H groups in total. The summed E-state index contributed by atoms with van der Waals surface area (Å²) >= 11 is 0. The number of nitrogens with zero attached hydrogens (tertiary/aromatic N) is 1. The summed E-state index contributed by atoms with van der Waals surface area (Å²) in [7, 11) is 1.29. The molecule has 0 saturated carbocycles. The fourth-order valence-electron chi connectivity index (χ4n) is 1.90. The van der Waals surface area contributed by atoms with Gasteiger partial charge in [0.15, 0.2) is 0 Å². The maximum atomic E-state index is 12.3. The molecular weight excluding hydrogens is 236 g/mol. The molecule has 2 amide bonds. The number of carbonyl (C=O) groups is 2. The fraction of sp³-hybridized carbons (Fsp3) is 0.833. The molecule has 0 aromatic carbocycles. The van der Waals surface area contributed by atoms with Gasteiger partial charge < -0.3 is 19.7 Å². The van der Waals surface area contributed by atoms with Gasteiger partial charge in [0.1, 0.15) is 6.04 Å². The van der Waals surface area contributed by atoms with Gasteiger partial charge in [0.2, 0.25) is 5.91 Å². The molecule has 0 aliphatic carbocycles. The van der Waals surface area contributed by atoms with Crippen LogP contribution in [0.25, 0.3) is 0 Å². The molecule has 18 heavy (non-hydrogen) atoms. The van der Waals surface area contributed by atoms with E-state index in [2.05, 4.69) is 10.1 Å². The van der Waals surface area contributed by atoms with Gasteiger partial charge in [-0.1, -0.05) is 13.8 Å². The van der Waals surface area contributed by atoms with Gasteiger partial charge in [-0.3, -0.25) is 4.79 Å². The topological polar surface area (TPSA) is 67.9 Å². The van der Waals surface area contributed by atoms with Crippen LogP contribution < -0.4 is 5.32 Å². The monoisotopic (exact) mass is 258 g/mol. The maximum Gasteiger partial charge on any atom is 0.407 e. The predicted octanol–water partition coefficient (Wildman–Crippen LogP) is 0.616. The molecule has 104 valence electrons. The van der Waals surface area contributed by atoms with Crippen molar-refractivity contribution in [3.63, 3.8) is 0 Å². The van der Waals surface area contributed by atoms with Gasteiger partial charge in [0, 0.05) is 13.1 Å². The lowest BCUT2D eigenvalue weighted by Gasteiger charge is -2.31. The number of amides is 2. The summed E-state index contributed by atoms with van der Waals surface area (Å²) in [6, 6.07) is -0.518. The molecule has 6 heteroatoms. The first-order valence-electron chi connectivity index (χ1n) is 6.25. The summed E-state index contributed by atoms with van der Waals surface area (Å²) < 4.78 is 9.76. The minimum absolute atomic E-state index is 0.0580. The number of alkyl carbamates (subject to hydrolysis) is 1. The smallest absolute Gasteiger partial charge is 0.407 e. The summed E-state index contributed by atoms with van der Waals surface area (Å²) in [5, 5.41) is 2.60. The first kappa shape index (κ1) is 14.8. The van der Waals surface area contributed by atoms with E-state index in [4.69, 9.17) is 4.74 Å². The zero-order chi connectivity index (χ0) is 13.5. The zero-order valence-corrected chi connectivity index (χ0v) is 11.3. The lowest BCUT2D eigenvalue weighted by atomic mass is 10.0. The summed E-state index contributed by atoms with van der Waals surface area (Å²) in [4.78, 5) is 25.3. The number of hydrogen-bond acceptors (Lipinski definition) is 4. The van der Waals surface area contributed by atoms with Crippen molar-refractivity contribution in [1.82, 2.24) is 10.2 Å². The summed E-state index contributed by atoms with van der Waals surface area (Å²) in [5.41, 5.74) is 0. The quantitative estimate of drug-likeness (QED) is 0.802. The molecule has 1 heterocycles. The second-order valence-corrected chi connectivity index (χ2v) is 4.76. The molecule has 0 aromatic heterocycles. The van der Waals surface area contributed by atoms with Gasteiger partial charge in [-0.25, -0.2) is 4.79 Å². The molecule has 0 aromatic rings. The Labute approximate surface area is 108 Å². The minimum atomic E-state index is -0.567. The first-order valence-corrected chi connectivity index (χ1v) is 6.25. The standard InChI is InChI=1S/C12H22N2O4/c1-9(2)8-10(13-12(16)17-3)11(15)14-4-6-18-7-5-14/h9-10H,4-8H2,1-3H3,(H,13,16)/t10-/m1/s1. The van der Waals surface area contributed by atoms with Crippen molar-refractivity contribution < 1.29 is 19.1 Å². The molecule has 1 aliphatic rings. The molecule has 0 spiro atoms. The number of nitrogens with one attached hydrogen (secondary N) is 1. The van der Waals surface area contributed by atoms with Crippen LogP contribution in [0, 0.1) is 5.92 Å². The van der Waals surface area contributed by atoms with Crippen LogP contribution in [0.15, 0.2) is 0 Å². The third-order valence-electron chi connectivity index (χ3n) is 2.81. The number of methoxy groups -OCH3 is 1. The highest BCUT2D eigenvalue weighted by molar-refractivity contribution is 5.85. The third kappa shape index (κ3) is 4.52. The van der Waals surface area contributed by atoms with Crippen molar-refractivity contribution in [3.05, 3.63) is 0 Å². The van der Waals surface area contributed by atoms with E-state index in [-0.39, 0.29) is 5.91 Å². The fourth-order valence-corrected chi connectivity index (χ4v) is 1.90. The Kier molecular flexibility index (Phi) is 5.91. The maximum absolute atomic E-state index is 12.3. The SMILES string of the molecule is COC(=O)N[C@H](CC(C)C)C(=O)N1CCOCC1. The van der Waals surface area contributed by atoms with E-state index in [0.717, 1.165) is 0 Å². The molecule has 1 aliphatic heterocycles. The van der Waals surface area contributed by atoms with Gasteiger partial charge in [0.25, 0.3) is 0 Å². The van der Waals surface area contributed by atoms with Crippen LogP contribution in [0.4, 0.5) is 4.79 Å². The molecule has 1 atom stereocenters. The Balaban J connectivity index is 2.61. The Hall–Kier alpha value is -1.30. The Bertz CT molecular complexity index is 288. The number of morpholine rings is 1. The Morgan fingerprint density at radius 1 is 1.33 bits per heavy atom. The van der Waals surface area contributed by atoms with Crippen molar-refractivity contribution in [1.29, 1.82) is 0 Å². The van der Waals surface area contributed by atoms with Crippen molar-refractivity contribution in [2.45, 2.75) is 26.3 Å². The van der Waals surface area contributed by atoms with Crippen LogP contribution in [-0.2, 0) is 14.3 Å². The lowest BCUT2D eigenvalue weighted by molar-refractivity contribution is -0.137. The molecule has 0 bridgehead atoms. The lowest BCUT2D eigenvalue weighted by Crippen LogP contribution is -2.52. The van der Waals surface area contributed by atoms with Crippen LogP contribution in [0.2, 0.25) is 0 Å². The van der Waals surface area contributed by atoms with Crippen molar-refractivity contribution in [2.75, 3.05) is 33.4 Å².